The highest BCUT2D eigenvalue weighted by molar-refractivity contribution is 5.79. The Balaban J connectivity index is 2.08. The van der Waals surface area contributed by atoms with E-state index in [-0.39, 0.29) is 5.91 Å². The van der Waals surface area contributed by atoms with E-state index in [1.807, 2.05) is 0 Å². The molecule has 2 nitrogen and oxygen atoms in total. The van der Waals surface area contributed by atoms with Gasteiger partial charge in [-0.2, -0.15) is 0 Å². The molecule has 1 atom stereocenters. The largest absolute Gasteiger partial charge is 0.356 e. The lowest BCUT2D eigenvalue weighted by atomic mass is 9.84. The zero-order chi connectivity index (χ0) is 7.19. The highest BCUT2D eigenvalue weighted by Crippen LogP contribution is 2.48. The van der Waals surface area contributed by atoms with Gasteiger partial charge in [0, 0.05) is 13.0 Å². The summed E-state index contributed by atoms with van der Waals surface area (Å²) in [6.45, 7) is 3.14. The Bertz CT molecular complexity index is 174. The van der Waals surface area contributed by atoms with E-state index in [4.69, 9.17) is 0 Å². The molecule has 0 aromatic rings. The van der Waals surface area contributed by atoms with Crippen LogP contribution in [-0.4, -0.2) is 12.5 Å². The van der Waals surface area contributed by atoms with Crippen LogP contribution in [0.25, 0.3) is 0 Å². The topological polar surface area (TPSA) is 29.1 Å². The third kappa shape index (κ3) is 0.825. The van der Waals surface area contributed by atoms with Crippen LogP contribution in [0.15, 0.2) is 0 Å². The van der Waals surface area contributed by atoms with Gasteiger partial charge < -0.3 is 5.32 Å². The molecule has 0 aromatic heterocycles. The number of carbonyl (C=O) groups is 1. The molecule has 1 amide bonds. The van der Waals surface area contributed by atoms with E-state index < -0.39 is 0 Å². The van der Waals surface area contributed by atoms with Crippen LogP contribution >= 0.6 is 0 Å². The normalized spacial score (nSPS) is 39.9. The molecule has 1 saturated heterocycles. The number of rotatable bonds is 1. The molecule has 0 aromatic carbocycles. The van der Waals surface area contributed by atoms with Crippen molar-refractivity contribution in [2.45, 2.75) is 26.2 Å². The molecule has 2 aliphatic rings. The second kappa shape index (κ2) is 1.74. The molecular formula is C8H13NO. The summed E-state index contributed by atoms with van der Waals surface area (Å²) in [6.07, 6.45) is 3.44. The Morgan fingerprint density at radius 3 is 2.70 bits per heavy atom. The molecule has 1 heterocycles. The van der Waals surface area contributed by atoms with Crippen molar-refractivity contribution >= 4 is 5.91 Å². The van der Waals surface area contributed by atoms with E-state index in [0.717, 1.165) is 18.9 Å². The number of amides is 1. The van der Waals surface area contributed by atoms with Gasteiger partial charge >= 0.3 is 0 Å². The second-order valence-electron chi connectivity index (χ2n) is 3.88. The van der Waals surface area contributed by atoms with Crippen molar-refractivity contribution in [2.75, 3.05) is 6.54 Å². The molecule has 0 unspecified atom stereocenters. The van der Waals surface area contributed by atoms with Gasteiger partial charge in [0.05, 0.1) is 0 Å². The average molecular weight is 139 g/mol. The van der Waals surface area contributed by atoms with Crippen LogP contribution < -0.4 is 5.32 Å². The van der Waals surface area contributed by atoms with Crippen molar-refractivity contribution in [3.8, 4) is 0 Å². The van der Waals surface area contributed by atoms with Crippen molar-refractivity contribution < 1.29 is 4.79 Å². The van der Waals surface area contributed by atoms with Crippen LogP contribution in [0.1, 0.15) is 26.2 Å². The summed E-state index contributed by atoms with van der Waals surface area (Å²) in [5.41, 5.74) is 0.317. The van der Waals surface area contributed by atoms with Gasteiger partial charge in [-0.1, -0.05) is 6.92 Å². The van der Waals surface area contributed by atoms with Gasteiger partial charge in [0.15, 0.2) is 0 Å². The van der Waals surface area contributed by atoms with E-state index in [1.54, 1.807) is 0 Å². The van der Waals surface area contributed by atoms with Crippen LogP contribution in [0.2, 0.25) is 0 Å². The minimum atomic E-state index is 0.245. The minimum absolute atomic E-state index is 0.245. The van der Waals surface area contributed by atoms with Crippen molar-refractivity contribution in [1.29, 1.82) is 0 Å². The van der Waals surface area contributed by atoms with E-state index in [1.165, 1.54) is 12.8 Å². The molecule has 2 rings (SSSR count). The van der Waals surface area contributed by atoms with Crippen LogP contribution in [0.3, 0.4) is 0 Å². The maximum Gasteiger partial charge on any atom is 0.220 e. The quantitative estimate of drug-likeness (QED) is 0.575. The number of carbonyl (C=O) groups excluding carboxylic acids is 1. The highest BCUT2D eigenvalue weighted by atomic mass is 16.1. The summed E-state index contributed by atoms with van der Waals surface area (Å²) in [7, 11) is 0. The molecule has 0 spiro atoms. The molecule has 0 radical (unpaired) electrons. The standard InChI is InChI=1S/C8H13NO/c1-8(6-2-3-6)4-7(10)9-5-8/h6H,2-5H2,1H3,(H,9,10)/t8-/m1/s1. The Morgan fingerprint density at radius 1 is 1.60 bits per heavy atom. The second-order valence-corrected chi connectivity index (χ2v) is 3.88. The number of hydrogen-bond donors (Lipinski definition) is 1. The van der Waals surface area contributed by atoms with Crippen molar-refractivity contribution in [3.63, 3.8) is 0 Å². The molecular weight excluding hydrogens is 126 g/mol. The van der Waals surface area contributed by atoms with Crippen LogP contribution in [0.4, 0.5) is 0 Å². The fraction of sp³-hybridized carbons (Fsp3) is 0.875. The summed E-state index contributed by atoms with van der Waals surface area (Å²) in [4.78, 5) is 10.9. The fourth-order valence-electron chi connectivity index (χ4n) is 1.86. The average Bonchev–Trinajstić information content (AvgIpc) is 2.62. The molecule has 1 N–H and O–H groups in total. The third-order valence-corrected chi connectivity index (χ3v) is 2.82. The summed E-state index contributed by atoms with van der Waals surface area (Å²) < 4.78 is 0. The SMILES string of the molecule is C[C@]1(C2CC2)CNC(=O)C1. The first-order valence-corrected chi connectivity index (χ1v) is 3.97. The summed E-state index contributed by atoms with van der Waals surface area (Å²) in [5, 5.41) is 2.89. The van der Waals surface area contributed by atoms with Gasteiger partial charge in [0.25, 0.3) is 0 Å². The molecule has 1 aliphatic carbocycles. The summed E-state index contributed by atoms with van der Waals surface area (Å²) >= 11 is 0. The predicted molar refractivity (Wildman–Crippen MR) is 38.5 cm³/mol. The first-order chi connectivity index (χ1) is 4.71. The van der Waals surface area contributed by atoms with E-state index in [0.29, 0.717) is 5.41 Å². The Labute approximate surface area is 61.0 Å². The predicted octanol–water partition coefficient (Wildman–Crippen LogP) is 0.923. The molecule has 10 heavy (non-hydrogen) atoms. The molecule has 1 aliphatic heterocycles. The lowest BCUT2D eigenvalue weighted by Gasteiger charge is -2.19. The van der Waals surface area contributed by atoms with Crippen molar-refractivity contribution in [2.24, 2.45) is 11.3 Å². The zero-order valence-corrected chi connectivity index (χ0v) is 6.31. The summed E-state index contributed by atoms with van der Waals surface area (Å²) in [6, 6.07) is 0. The Kier molecular flexibility index (Phi) is 1.08. The van der Waals surface area contributed by atoms with Gasteiger partial charge in [0.1, 0.15) is 0 Å². The number of nitrogens with one attached hydrogen (secondary N) is 1. The zero-order valence-electron chi connectivity index (χ0n) is 6.31. The molecule has 1 saturated carbocycles. The first-order valence-electron chi connectivity index (χ1n) is 3.97. The van der Waals surface area contributed by atoms with Gasteiger partial charge in [0.2, 0.25) is 5.91 Å². The maximum absolute atomic E-state index is 10.9. The minimum Gasteiger partial charge on any atom is -0.356 e. The van der Waals surface area contributed by atoms with Crippen molar-refractivity contribution in [1.82, 2.24) is 5.32 Å². The molecule has 0 bridgehead atoms. The molecule has 2 fully saturated rings. The van der Waals surface area contributed by atoms with Gasteiger partial charge in [-0.15, -0.1) is 0 Å². The van der Waals surface area contributed by atoms with Gasteiger partial charge in [-0.05, 0) is 24.2 Å². The smallest absolute Gasteiger partial charge is 0.220 e. The van der Waals surface area contributed by atoms with Gasteiger partial charge in [-0.3, -0.25) is 4.79 Å². The maximum atomic E-state index is 10.9. The Morgan fingerprint density at radius 2 is 2.30 bits per heavy atom. The third-order valence-electron chi connectivity index (χ3n) is 2.82. The summed E-state index contributed by atoms with van der Waals surface area (Å²) in [5.74, 6) is 1.08. The van der Waals surface area contributed by atoms with Gasteiger partial charge in [-0.25, -0.2) is 0 Å². The van der Waals surface area contributed by atoms with Crippen LogP contribution in [-0.2, 0) is 4.79 Å². The monoisotopic (exact) mass is 139 g/mol. The Hall–Kier alpha value is -0.530. The first kappa shape index (κ1) is 6.20. The lowest BCUT2D eigenvalue weighted by Crippen LogP contribution is -2.22. The molecule has 2 heteroatoms. The van der Waals surface area contributed by atoms with E-state index in [9.17, 15) is 4.79 Å². The number of hydrogen-bond acceptors (Lipinski definition) is 1. The van der Waals surface area contributed by atoms with E-state index >= 15 is 0 Å². The highest BCUT2D eigenvalue weighted by Gasteiger charge is 2.45. The van der Waals surface area contributed by atoms with Crippen LogP contribution in [0, 0.1) is 11.3 Å². The van der Waals surface area contributed by atoms with Crippen molar-refractivity contribution in [3.05, 3.63) is 0 Å². The fourth-order valence-corrected chi connectivity index (χ4v) is 1.86. The molecule has 56 valence electrons. The lowest BCUT2D eigenvalue weighted by molar-refractivity contribution is -0.119. The van der Waals surface area contributed by atoms with E-state index in [2.05, 4.69) is 12.2 Å². The van der Waals surface area contributed by atoms with Crippen LogP contribution in [0.5, 0.6) is 0 Å².